The van der Waals surface area contributed by atoms with Crippen LogP contribution in [0.5, 0.6) is 0 Å². The Balaban J connectivity index is 1.60. The number of carbonyl (C=O) groups excluding carboxylic acids is 2. The molecule has 27 heavy (non-hydrogen) atoms. The molecule has 3 rings (SSSR count). The highest BCUT2D eigenvalue weighted by molar-refractivity contribution is 6.30. The number of nitrogens with one attached hydrogen (secondary N) is 1. The Hall–Kier alpha value is -1.63. The second kappa shape index (κ2) is 10.1. The summed E-state index contributed by atoms with van der Waals surface area (Å²) in [5.74, 6) is -0.0115. The van der Waals surface area contributed by atoms with E-state index >= 15 is 0 Å². The summed E-state index contributed by atoms with van der Waals surface area (Å²) in [4.78, 5) is 28.6. The molecule has 2 amide bonds. The van der Waals surface area contributed by atoms with Gasteiger partial charge in [-0.05, 0) is 30.5 Å². The number of morpholine rings is 1. The van der Waals surface area contributed by atoms with Gasteiger partial charge in [0.15, 0.2) is 0 Å². The summed E-state index contributed by atoms with van der Waals surface area (Å²) in [6.07, 6.45) is 3.50. The van der Waals surface area contributed by atoms with Gasteiger partial charge in [-0.2, -0.15) is 0 Å². The minimum atomic E-state index is -0.0996. The summed E-state index contributed by atoms with van der Waals surface area (Å²) in [6.45, 7) is 4.37. The maximum atomic E-state index is 12.5. The van der Waals surface area contributed by atoms with E-state index in [-0.39, 0.29) is 24.4 Å². The van der Waals surface area contributed by atoms with Crippen LogP contribution in [0.1, 0.15) is 37.3 Å². The Morgan fingerprint density at radius 2 is 1.85 bits per heavy atom. The van der Waals surface area contributed by atoms with Crippen LogP contribution in [0.15, 0.2) is 24.3 Å². The lowest BCUT2D eigenvalue weighted by molar-refractivity contribution is -0.135. The van der Waals surface area contributed by atoms with Crippen LogP contribution in [0.2, 0.25) is 5.02 Å². The van der Waals surface area contributed by atoms with Crippen LogP contribution >= 0.6 is 11.6 Å². The molecule has 6 nitrogen and oxygen atoms in total. The zero-order valence-corrected chi connectivity index (χ0v) is 16.4. The summed E-state index contributed by atoms with van der Waals surface area (Å²) in [6, 6.07) is 7.83. The van der Waals surface area contributed by atoms with Crippen molar-refractivity contribution in [3.8, 4) is 0 Å². The van der Waals surface area contributed by atoms with Gasteiger partial charge in [-0.15, -0.1) is 0 Å². The molecule has 0 spiro atoms. The van der Waals surface area contributed by atoms with Crippen LogP contribution in [0.3, 0.4) is 0 Å². The van der Waals surface area contributed by atoms with Crippen LogP contribution in [0.4, 0.5) is 0 Å². The normalized spacial score (nSPS) is 20.2. The highest BCUT2D eigenvalue weighted by Crippen LogP contribution is 2.23. The van der Waals surface area contributed by atoms with Gasteiger partial charge < -0.3 is 15.0 Å². The number of hydrogen-bond acceptors (Lipinski definition) is 4. The van der Waals surface area contributed by atoms with Gasteiger partial charge in [0.25, 0.3) is 0 Å². The zero-order valence-electron chi connectivity index (χ0n) is 15.7. The Bertz CT molecular complexity index is 632. The van der Waals surface area contributed by atoms with E-state index in [1.165, 1.54) is 0 Å². The Morgan fingerprint density at radius 1 is 1.11 bits per heavy atom. The van der Waals surface area contributed by atoms with Gasteiger partial charge in [0.05, 0.1) is 25.8 Å². The van der Waals surface area contributed by atoms with Crippen molar-refractivity contribution in [3.05, 3.63) is 34.9 Å². The van der Waals surface area contributed by atoms with E-state index in [0.29, 0.717) is 37.7 Å². The number of nitrogens with zero attached hydrogens (tertiary/aromatic N) is 2. The summed E-state index contributed by atoms with van der Waals surface area (Å²) in [5, 5.41) is 3.73. The third-order valence-corrected chi connectivity index (χ3v) is 5.49. The standard InChI is InChI=1S/C20H28ClN3O3/c21-17-7-5-16(6-8-17)18(23-10-12-27-13-11-23)14-22-19(25)15-24-9-3-1-2-4-20(24)26/h5-8,18H,1-4,9-15H2,(H,22,25). The predicted octanol–water partition coefficient (Wildman–Crippen LogP) is 2.23. The fourth-order valence-electron chi connectivity index (χ4n) is 3.68. The number of carbonyl (C=O) groups is 2. The summed E-state index contributed by atoms with van der Waals surface area (Å²) in [7, 11) is 0. The van der Waals surface area contributed by atoms with Crippen molar-refractivity contribution >= 4 is 23.4 Å². The minimum Gasteiger partial charge on any atom is -0.379 e. The monoisotopic (exact) mass is 393 g/mol. The second-order valence-corrected chi connectivity index (χ2v) is 7.58. The first-order chi connectivity index (χ1) is 13.1. The van der Waals surface area contributed by atoms with Crippen molar-refractivity contribution in [1.29, 1.82) is 0 Å². The van der Waals surface area contributed by atoms with Gasteiger partial charge in [0.2, 0.25) is 11.8 Å². The first kappa shape index (κ1) is 20.1. The molecular formula is C20H28ClN3O3. The molecule has 2 aliphatic heterocycles. The number of ether oxygens (including phenoxy) is 1. The molecule has 1 atom stereocenters. The van der Waals surface area contributed by atoms with Gasteiger partial charge in [-0.25, -0.2) is 0 Å². The second-order valence-electron chi connectivity index (χ2n) is 7.15. The Morgan fingerprint density at radius 3 is 2.59 bits per heavy atom. The summed E-state index contributed by atoms with van der Waals surface area (Å²) >= 11 is 6.02. The molecule has 2 fully saturated rings. The molecule has 0 saturated carbocycles. The smallest absolute Gasteiger partial charge is 0.239 e. The summed E-state index contributed by atoms with van der Waals surface area (Å²) in [5.41, 5.74) is 1.12. The van der Waals surface area contributed by atoms with E-state index in [1.54, 1.807) is 4.90 Å². The van der Waals surface area contributed by atoms with Crippen LogP contribution in [-0.4, -0.2) is 67.6 Å². The van der Waals surface area contributed by atoms with E-state index in [9.17, 15) is 9.59 Å². The molecule has 7 heteroatoms. The molecular weight excluding hydrogens is 366 g/mol. The van der Waals surface area contributed by atoms with E-state index in [2.05, 4.69) is 10.2 Å². The van der Waals surface area contributed by atoms with Gasteiger partial charge in [0.1, 0.15) is 0 Å². The number of rotatable bonds is 6. The third kappa shape index (κ3) is 5.92. The van der Waals surface area contributed by atoms with Crippen LogP contribution < -0.4 is 5.32 Å². The highest BCUT2D eigenvalue weighted by atomic mass is 35.5. The molecule has 1 unspecified atom stereocenters. The number of halogens is 1. The molecule has 1 aromatic carbocycles. The van der Waals surface area contributed by atoms with Crippen molar-refractivity contribution in [1.82, 2.24) is 15.1 Å². The largest absolute Gasteiger partial charge is 0.379 e. The Kier molecular flexibility index (Phi) is 7.50. The number of hydrogen-bond donors (Lipinski definition) is 1. The van der Waals surface area contributed by atoms with Gasteiger partial charge in [-0.1, -0.05) is 30.2 Å². The van der Waals surface area contributed by atoms with Crippen molar-refractivity contribution in [2.45, 2.75) is 31.7 Å². The average molecular weight is 394 g/mol. The van der Waals surface area contributed by atoms with E-state index in [1.807, 2.05) is 24.3 Å². The van der Waals surface area contributed by atoms with Crippen LogP contribution in [0, 0.1) is 0 Å². The topological polar surface area (TPSA) is 61.9 Å². The number of amides is 2. The van der Waals surface area contributed by atoms with Gasteiger partial charge in [0, 0.05) is 37.6 Å². The van der Waals surface area contributed by atoms with Crippen molar-refractivity contribution in [2.75, 3.05) is 45.9 Å². The zero-order chi connectivity index (χ0) is 19.1. The molecule has 148 valence electrons. The molecule has 1 N–H and O–H groups in total. The molecule has 2 aliphatic rings. The predicted molar refractivity (Wildman–Crippen MR) is 105 cm³/mol. The average Bonchev–Trinajstić information content (AvgIpc) is 2.88. The van der Waals surface area contributed by atoms with Crippen LogP contribution in [0.25, 0.3) is 0 Å². The number of benzene rings is 1. The lowest BCUT2D eigenvalue weighted by atomic mass is 10.0. The summed E-state index contributed by atoms with van der Waals surface area (Å²) < 4.78 is 5.46. The quantitative estimate of drug-likeness (QED) is 0.805. The van der Waals surface area contributed by atoms with Gasteiger partial charge >= 0.3 is 0 Å². The molecule has 0 radical (unpaired) electrons. The molecule has 0 aromatic heterocycles. The maximum Gasteiger partial charge on any atom is 0.239 e. The van der Waals surface area contributed by atoms with Crippen molar-refractivity contribution < 1.29 is 14.3 Å². The van der Waals surface area contributed by atoms with E-state index in [0.717, 1.165) is 37.9 Å². The fraction of sp³-hybridized carbons (Fsp3) is 0.600. The van der Waals surface area contributed by atoms with E-state index in [4.69, 9.17) is 16.3 Å². The maximum absolute atomic E-state index is 12.5. The molecule has 0 bridgehead atoms. The molecule has 2 heterocycles. The van der Waals surface area contributed by atoms with Crippen molar-refractivity contribution in [3.63, 3.8) is 0 Å². The first-order valence-electron chi connectivity index (χ1n) is 9.75. The number of likely N-dealkylation sites (tertiary alicyclic amines) is 1. The SMILES string of the molecule is O=C(CN1CCCCCC1=O)NCC(c1ccc(Cl)cc1)N1CCOCC1. The molecule has 1 aromatic rings. The van der Waals surface area contributed by atoms with Crippen LogP contribution in [-0.2, 0) is 14.3 Å². The lowest BCUT2D eigenvalue weighted by Gasteiger charge is -2.35. The Labute approximate surface area is 165 Å². The first-order valence-corrected chi connectivity index (χ1v) is 10.1. The lowest BCUT2D eigenvalue weighted by Crippen LogP contribution is -2.46. The fourth-order valence-corrected chi connectivity index (χ4v) is 3.80. The third-order valence-electron chi connectivity index (χ3n) is 5.24. The molecule has 2 saturated heterocycles. The molecule has 0 aliphatic carbocycles. The van der Waals surface area contributed by atoms with Gasteiger partial charge in [-0.3, -0.25) is 14.5 Å². The minimum absolute atomic E-state index is 0.0648. The van der Waals surface area contributed by atoms with E-state index < -0.39 is 0 Å². The van der Waals surface area contributed by atoms with Crippen molar-refractivity contribution in [2.24, 2.45) is 0 Å². The highest BCUT2D eigenvalue weighted by Gasteiger charge is 2.24.